The molecule has 0 bridgehead atoms. The fourth-order valence-electron chi connectivity index (χ4n) is 9.47. The van der Waals surface area contributed by atoms with Gasteiger partial charge in [0.1, 0.15) is 11.5 Å². The molecular formula is C48H49N3O7. The summed E-state index contributed by atoms with van der Waals surface area (Å²) in [4.78, 5) is 48.8. The molecular weight excluding hydrogens is 731 g/mol. The van der Waals surface area contributed by atoms with Crippen molar-refractivity contribution in [3.63, 3.8) is 0 Å². The van der Waals surface area contributed by atoms with Gasteiger partial charge in [-0.3, -0.25) is 19.3 Å². The molecule has 0 radical (unpaired) electrons. The van der Waals surface area contributed by atoms with Crippen LogP contribution < -0.4 is 19.3 Å². The summed E-state index contributed by atoms with van der Waals surface area (Å²) >= 11 is 0. The summed E-state index contributed by atoms with van der Waals surface area (Å²) in [6.07, 6.45) is -0.723. The summed E-state index contributed by atoms with van der Waals surface area (Å²) < 4.78 is 18.6. The van der Waals surface area contributed by atoms with Crippen LogP contribution >= 0.6 is 0 Å². The molecule has 1 saturated heterocycles. The molecule has 298 valence electrons. The molecule has 1 fully saturated rings. The summed E-state index contributed by atoms with van der Waals surface area (Å²) in [6, 6.07) is 40.6. The van der Waals surface area contributed by atoms with E-state index in [0.717, 1.165) is 22.4 Å². The Morgan fingerprint density at radius 3 is 2.24 bits per heavy atom. The number of methoxy groups -OCH3 is 1. The van der Waals surface area contributed by atoms with Crippen molar-refractivity contribution in [2.24, 2.45) is 11.8 Å². The monoisotopic (exact) mass is 779 g/mol. The molecule has 0 aliphatic carbocycles. The van der Waals surface area contributed by atoms with E-state index in [-0.39, 0.29) is 49.8 Å². The van der Waals surface area contributed by atoms with Crippen LogP contribution in [0, 0.1) is 11.8 Å². The molecule has 5 aromatic carbocycles. The Morgan fingerprint density at radius 2 is 1.55 bits per heavy atom. The highest BCUT2D eigenvalue weighted by Crippen LogP contribution is 2.60. The Balaban J connectivity index is 1.26. The zero-order valence-electron chi connectivity index (χ0n) is 33.3. The number of anilines is 3. The van der Waals surface area contributed by atoms with E-state index in [1.807, 2.05) is 127 Å². The zero-order chi connectivity index (χ0) is 40.6. The number of aliphatic hydroxyl groups is 1. The second kappa shape index (κ2) is 15.8. The third-order valence-corrected chi connectivity index (χ3v) is 12.3. The summed E-state index contributed by atoms with van der Waals surface area (Å²) in [5.74, 6) is -0.110. The first kappa shape index (κ1) is 38.9. The SMILES string of the molecule is COc1ccc(C(C)(C)[C@@H]2[C@@H](CC(=O)N(CCO)Cc3ccccc3)O[C@]3(C(=O)N(Cc4ccccc4)c4ccc(N5C(=O)COc6ccccc65)cc43)[C@H]2C)cc1. The van der Waals surface area contributed by atoms with Gasteiger partial charge in [-0.2, -0.15) is 0 Å². The van der Waals surface area contributed by atoms with Crippen molar-refractivity contribution >= 4 is 34.8 Å². The molecule has 10 nitrogen and oxygen atoms in total. The van der Waals surface area contributed by atoms with Gasteiger partial charge in [-0.15, -0.1) is 0 Å². The lowest BCUT2D eigenvalue weighted by Crippen LogP contribution is -2.46. The molecule has 3 amide bonds. The molecule has 10 heteroatoms. The van der Waals surface area contributed by atoms with E-state index in [1.54, 1.807) is 21.8 Å². The van der Waals surface area contributed by atoms with Crippen LogP contribution in [0.1, 0.15) is 49.4 Å². The van der Waals surface area contributed by atoms with Crippen molar-refractivity contribution in [3.05, 3.63) is 150 Å². The van der Waals surface area contributed by atoms with E-state index in [2.05, 4.69) is 20.8 Å². The first-order chi connectivity index (χ1) is 28.1. The van der Waals surface area contributed by atoms with Gasteiger partial charge in [-0.25, -0.2) is 0 Å². The number of hydrogen-bond acceptors (Lipinski definition) is 7. The van der Waals surface area contributed by atoms with E-state index < -0.39 is 23.0 Å². The molecule has 0 unspecified atom stereocenters. The van der Waals surface area contributed by atoms with Crippen LogP contribution in [0.25, 0.3) is 0 Å². The minimum atomic E-state index is -1.50. The molecule has 1 spiro atoms. The number of ether oxygens (including phenoxy) is 3. The topological polar surface area (TPSA) is 109 Å². The van der Waals surface area contributed by atoms with Gasteiger partial charge in [0.05, 0.1) is 44.2 Å². The molecule has 0 saturated carbocycles. The highest BCUT2D eigenvalue weighted by atomic mass is 16.5. The standard InChI is InChI=1S/C48H49N3O7/c1-32-45(47(2,3)35-19-22-37(56-4)23-20-35)42(28-43(53)49(25-26-52)29-33-13-7-5-8-14-33)58-48(32)38-27-36(51-40-17-11-12-18-41(40)57-31-44(51)54)21-24-39(38)50(46(48)55)30-34-15-9-6-10-16-34/h5-24,27,32,42,45,52H,25-26,28-31H2,1-4H3/t32-,42+,45-,48+/m0/s1. The predicted octanol–water partition coefficient (Wildman–Crippen LogP) is 7.53. The maximum absolute atomic E-state index is 15.5. The first-order valence-electron chi connectivity index (χ1n) is 19.9. The predicted molar refractivity (Wildman–Crippen MR) is 222 cm³/mol. The number of aliphatic hydroxyl groups excluding tert-OH is 1. The van der Waals surface area contributed by atoms with Crippen LogP contribution in [-0.4, -0.2) is 60.7 Å². The van der Waals surface area contributed by atoms with Gasteiger partial charge in [0.15, 0.2) is 12.2 Å². The number of fused-ring (bicyclic) bond motifs is 3. The van der Waals surface area contributed by atoms with Gasteiger partial charge in [-0.1, -0.05) is 106 Å². The van der Waals surface area contributed by atoms with E-state index in [4.69, 9.17) is 14.2 Å². The molecule has 3 heterocycles. The largest absolute Gasteiger partial charge is 0.497 e. The highest BCUT2D eigenvalue weighted by Gasteiger charge is 2.66. The van der Waals surface area contributed by atoms with E-state index in [0.29, 0.717) is 41.5 Å². The van der Waals surface area contributed by atoms with Gasteiger partial charge in [-0.05, 0) is 64.6 Å². The van der Waals surface area contributed by atoms with Gasteiger partial charge < -0.3 is 29.1 Å². The highest BCUT2D eigenvalue weighted by molar-refractivity contribution is 6.09. The Kier molecular flexibility index (Phi) is 10.6. The van der Waals surface area contributed by atoms with Gasteiger partial charge >= 0.3 is 0 Å². The normalized spacial score (nSPS) is 21.2. The van der Waals surface area contributed by atoms with Crippen LogP contribution in [0.3, 0.4) is 0 Å². The zero-order valence-corrected chi connectivity index (χ0v) is 33.3. The van der Waals surface area contributed by atoms with Crippen molar-refractivity contribution in [2.75, 3.05) is 36.7 Å². The van der Waals surface area contributed by atoms with Crippen LogP contribution in [0.2, 0.25) is 0 Å². The summed E-state index contributed by atoms with van der Waals surface area (Å²) in [6.45, 7) is 6.81. The van der Waals surface area contributed by atoms with Gasteiger partial charge in [0.2, 0.25) is 5.91 Å². The third-order valence-electron chi connectivity index (χ3n) is 12.3. The number of para-hydroxylation sites is 2. The molecule has 1 N–H and O–H groups in total. The average molecular weight is 780 g/mol. The summed E-state index contributed by atoms with van der Waals surface area (Å²) in [5.41, 5.74) is 3.34. The van der Waals surface area contributed by atoms with E-state index in [1.165, 1.54) is 0 Å². The second-order valence-corrected chi connectivity index (χ2v) is 15.9. The quantitative estimate of drug-likeness (QED) is 0.140. The number of hydrogen-bond donors (Lipinski definition) is 1. The molecule has 8 rings (SSSR count). The number of amides is 3. The number of benzene rings is 5. The summed E-state index contributed by atoms with van der Waals surface area (Å²) in [7, 11) is 1.63. The van der Waals surface area contributed by atoms with Crippen LogP contribution in [0.5, 0.6) is 11.5 Å². The molecule has 58 heavy (non-hydrogen) atoms. The maximum Gasteiger partial charge on any atom is 0.269 e. The van der Waals surface area contributed by atoms with Crippen molar-refractivity contribution < 1.29 is 33.7 Å². The van der Waals surface area contributed by atoms with E-state index in [9.17, 15) is 14.7 Å². The molecule has 3 aliphatic rings. The van der Waals surface area contributed by atoms with Crippen molar-refractivity contribution in [1.82, 2.24) is 4.90 Å². The fraction of sp³-hybridized carbons (Fsp3) is 0.312. The smallest absolute Gasteiger partial charge is 0.269 e. The number of carbonyl (C=O) groups is 3. The lowest BCUT2D eigenvalue weighted by atomic mass is 9.63. The van der Waals surface area contributed by atoms with Crippen molar-refractivity contribution in [3.8, 4) is 11.5 Å². The number of carbonyl (C=O) groups excluding carboxylic acids is 3. The van der Waals surface area contributed by atoms with Gasteiger partial charge in [0, 0.05) is 36.2 Å². The molecule has 5 aromatic rings. The lowest BCUT2D eigenvalue weighted by molar-refractivity contribution is -0.150. The summed E-state index contributed by atoms with van der Waals surface area (Å²) in [5, 5.41) is 10.1. The van der Waals surface area contributed by atoms with Crippen LogP contribution in [0.4, 0.5) is 17.1 Å². The lowest BCUT2D eigenvalue weighted by Gasteiger charge is -2.39. The van der Waals surface area contributed by atoms with Crippen LogP contribution in [0.15, 0.2) is 127 Å². The van der Waals surface area contributed by atoms with Crippen LogP contribution in [-0.2, 0) is 43.2 Å². The molecule has 3 aliphatic heterocycles. The number of nitrogens with zero attached hydrogens (tertiary/aromatic N) is 3. The first-order valence-corrected chi connectivity index (χ1v) is 19.9. The Labute approximate surface area is 339 Å². The van der Waals surface area contributed by atoms with Crippen molar-refractivity contribution in [1.29, 1.82) is 0 Å². The number of rotatable bonds is 12. The van der Waals surface area contributed by atoms with Crippen molar-refractivity contribution in [2.45, 2.75) is 57.4 Å². The average Bonchev–Trinajstić information content (AvgIpc) is 3.66. The Hall–Kier alpha value is -5.97. The Morgan fingerprint density at radius 1 is 0.879 bits per heavy atom. The fourth-order valence-corrected chi connectivity index (χ4v) is 9.47. The minimum absolute atomic E-state index is 0.0144. The third kappa shape index (κ3) is 6.80. The van der Waals surface area contributed by atoms with E-state index >= 15 is 4.79 Å². The molecule has 4 atom stereocenters. The Bertz CT molecular complexity index is 2300. The van der Waals surface area contributed by atoms with Gasteiger partial charge in [0.25, 0.3) is 11.8 Å². The minimum Gasteiger partial charge on any atom is -0.497 e. The maximum atomic E-state index is 15.5. The second-order valence-electron chi connectivity index (χ2n) is 15.9. The molecule has 0 aromatic heterocycles.